The minimum Gasteiger partial charge on any atom is -0.507 e. The lowest BCUT2D eigenvalue weighted by atomic mass is 10.2. The van der Waals surface area contributed by atoms with Gasteiger partial charge in [-0.3, -0.25) is 10.1 Å². The molecule has 0 saturated heterocycles. The van der Waals surface area contributed by atoms with Crippen LogP contribution in [0.15, 0.2) is 48.5 Å². The van der Waals surface area contributed by atoms with E-state index in [1.165, 1.54) is 23.5 Å². The van der Waals surface area contributed by atoms with Gasteiger partial charge in [-0.2, -0.15) is 0 Å². The van der Waals surface area contributed by atoms with E-state index < -0.39 is 18.5 Å². The van der Waals surface area contributed by atoms with Crippen molar-refractivity contribution in [1.29, 1.82) is 0 Å². The van der Waals surface area contributed by atoms with Gasteiger partial charge >= 0.3 is 5.97 Å². The zero-order chi connectivity index (χ0) is 16.2. The molecular formula is C16H12N2O4S. The third kappa shape index (κ3) is 3.46. The number of benzene rings is 2. The van der Waals surface area contributed by atoms with Crippen LogP contribution in [0.25, 0.3) is 10.2 Å². The highest BCUT2D eigenvalue weighted by Gasteiger charge is 2.14. The van der Waals surface area contributed by atoms with Crippen LogP contribution < -0.4 is 5.32 Å². The Labute approximate surface area is 135 Å². The fourth-order valence-corrected chi connectivity index (χ4v) is 2.82. The van der Waals surface area contributed by atoms with Crippen molar-refractivity contribution in [3.63, 3.8) is 0 Å². The first-order valence-corrected chi connectivity index (χ1v) is 7.55. The smallest absolute Gasteiger partial charge is 0.342 e. The Kier molecular flexibility index (Phi) is 4.20. The molecule has 1 aromatic heterocycles. The van der Waals surface area contributed by atoms with Gasteiger partial charge in [-0.1, -0.05) is 35.6 Å². The number of thiazole rings is 1. The number of esters is 1. The van der Waals surface area contributed by atoms with E-state index >= 15 is 0 Å². The molecular weight excluding hydrogens is 316 g/mol. The summed E-state index contributed by atoms with van der Waals surface area (Å²) >= 11 is 1.34. The van der Waals surface area contributed by atoms with Gasteiger partial charge in [0, 0.05) is 0 Å². The van der Waals surface area contributed by atoms with Crippen molar-refractivity contribution in [3.05, 3.63) is 54.1 Å². The Hall–Kier alpha value is -2.93. The normalized spacial score (nSPS) is 10.4. The highest BCUT2D eigenvalue weighted by molar-refractivity contribution is 7.22. The van der Waals surface area contributed by atoms with Gasteiger partial charge in [0.25, 0.3) is 5.91 Å². The second kappa shape index (κ2) is 6.45. The topological polar surface area (TPSA) is 88.5 Å². The lowest BCUT2D eigenvalue weighted by molar-refractivity contribution is -0.119. The number of nitrogens with zero attached hydrogens (tertiary/aromatic N) is 1. The molecule has 0 radical (unpaired) electrons. The number of rotatable bonds is 4. The summed E-state index contributed by atoms with van der Waals surface area (Å²) < 4.78 is 5.84. The molecule has 116 valence electrons. The lowest BCUT2D eigenvalue weighted by Crippen LogP contribution is -2.20. The predicted molar refractivity (Wildman–Crippen MR) is 86.6 cm³/mol. The van der Waals surface area contributed by atoms with Crippen molar-refractivity contribution in [2.24, 2.45) is 0 Å². The standard InChI is InChI=1S/C16H12N2O4S/c19-12-7-3-1-5-10(12)15(21)22-9-14(20)18-16-17-11-6-2-4-8-13(11)23-16/h1-8,19H,9H2,(H,17,18,20). The third-order valence-corrected chi connectivity index (χ3v) is 3.95. The number of aromatic hydroxyl groups is 1. The fraction of sp³-hybridized carbons (Fsp3) is 0.0625. The number of nitrogens with one attached hydrogen (secondary N) is 1. The first-order valence-electron chi connectivity index (χ1n) is 6.74. The van der Waals surface area contributed by atoms with E-state index in [0.29, 0.717) is 5.13 Å². The first kappa shape index (κ1) is 15.0. The molecule has 3 aromatic rings. The molecule has 0 fully saturated rings. The maximum atomic E-state index is 11.8. The molecule has 0 aliphatic rings. The Morgan fingerprint density at radius 3 is 2.65 bits per heavy atom. The molecule has 0 spiro atoms. The van der Waals surface area contributed by atoms with Crippen LogP contribution in [0.5, 0.6) is 5.75 Å². The maximum Gasteiger partial charge on any atom is 0.342 e. The van der Waals surface area contributed by atoms with Gasteiger partial charge in [0.1, 0.15) is 11.3 Å². The number of phenolic OH excluding ortho intramolecular Hbond substituents is 1. The van der Waals surface area contributed by atoms with Gasteiger partial charge in [-0.25, -0.2) is 9.78 Å². The molecule has 23 heavy (non-hydrogen) atoms. The van der Waals surface area contributed by atoms with E-state index in [-0.39, 0.29) is 11.3 Å². The van der Waals surface area contributed by atoms with Gasteiger partial charge in [0.05, 0.1) is 10.2 Å². The lowest BCUT2D eigenvalue weighted by Gasteiger charge is -2.05. The number of hydrogen-bond donors (Lipinski definition) is 2. The van der Waals surface area contributed by atoms with Crippen LogP contribution >= 0.6 is 11.3 Å². The summed E-state index contributed by atoms with van der Waals surface area (Å²) in [5.74, 6) is -1.44. The number of ether oxygens (including phenoxy) is 1. The molecule has 7 heteroatoms. The molecule has 0 aliphatic heterocycles. The second-order valence-electron chi connectivity index (χ2n) is 4.63. The van der Waals surface area contributed by atoms with E-state index in [4.69, 9.17) is 4.74 Å². The van der Waals surface area contributed by atoms with E-state index in [0.717, 1.165) is 10.2 Å². The van der Waals surface area contributed by atoms with Crippen LogP contribution in [-0.4, -0.2) is 28.6 Å². The predicted octanol–water partition coefficient (Wildman–Crippen LogP) is 2.80. The first-order chi connectivity index (χ1) is 11.1. The molecule has 2 N–H and O–H groups in total. The van der Waals surface area contributed by atoms with Crippen molar-refractivity contribution in [1.82, 2.24) is 4.98 Å². The van der Waals surface area contributed by atoms with E-state index in [1.54, 1.807) is 12.1 Å². The Morgan fingerprint density at radius 2 is 1.87 bits per heavy atom. The van der Waals surface area contributed by atoms with E-state index in [1.807, 2.05) is 24.3 Å². The van der Waals surface area contributed by atoms with Crippen LogP contribution in [0.4, 0.5) is 5.13 Å². The number of fused-ring (bicyclic) bond motifs is 1. The molecule has 0 saturated carbocycles. The number of anilines is 1. The Balaban J connectivity index is 1.59. The Bertz CT molecular complexity index is 842. The summed E-state index contributed by atoms with van der Waals surface area (Å²) in [6.07, 6.45) is 0. The molecule has 0 bridgehead atoms. The average Bonchev–Trinajstić information content (AvgIpc) is 2.95. The number of carbonyl (C=O) groups is 2. The number of phenols is 1. The summed E-state index contributed by atoms with van der Waals surface area (Å²) in [4.78, 5) is 27.9. The van der Waals surface area contributed by atoms with Crippen LogP contribution in [0.2, 0.25) is 0 Å². The average molecular weight is 328 g/mol. The number of amides is 1. The highest BCUT2D eigenvalue weighted by atomic mass is 32.1. The van der Waals surface area contributed by atoms with Crippen LogP contribution in [-0.2, 0) is 9.53 Å². The van der Waals surface area contributed by atoms with Gasteiger partial charge in [-0.15, -0.1) is 0 Å². The summed E-state index contributed by atoms with van der Waals surface area (Å²) in [5, 5.41) is 12.6. The molecule has 6 nitrogen and oxygen atoms in total. The number of para-hydroxylation sites is 2. The zero-order valence-corrected chi connectivity index (χ0v) is 12.7. The largest absolute Gasteiger partial charge is 0.507 e. The summed E-state index contributed by atoms with van der Waals surface area (Å²) in [6, 6.07) is 13.5. The SMILES string of the molecule is O=C(COC(=O)c1ccccc1O)Nc1nc2ccccc2s1. The molecule has 3 rings (SSSR count). The van der Waals surface area contributed by atoms with Crippen molar-refractivity contribution in [2.45, 2.75) is 0 Å². The van der Waals surface area contributed by atoms with Crippen LogP contribution in [0.1, 0.15) is 10.4 Å². The minimum atomic E-state index is -0.762. The number of carbonyl (C=O) groups excluding carboxylic acids is 2. The highest BCUT2D eigenvalue weighted by Crippen LogP contribution is 2.25. The van der Waals surface area contributed by atoms with Crippen molar-refractivity contribution < 1.29 is 19.4 Å². The number of hydrogen-bond acceptors (Lipinski definition) is 6. The van der Waals surface area contributed by atoms with E-state index in [2.05, 4.69) is 10.3 Å². The molecule has 0 unspecified atom stereocenters. The van der Waals surface area contributed by atoms with Gasteiger partial charge < -0.3 is 9.84 Å². The molecule has 1 heterocycles. The van der Waals surface area contributed by atoms with Crippen LogP contribution in [0, 0.1) is 0 Å². The van der Waals surface area contributed by atoms with Gasteiger partial charge in [0.2, 0.25) is 0 Å². The quantitative estimate of drug-likeness (QED) is 0.719. The second-order valence-corrected chi connectivity index (χ2v) is 5.66. The summed E-state index contributed by atoms with van der Waals surface area (Å²) in [7, 11) is 0. The number of aromatic nitrogens is 1. The molecule has 1 amide bonds. The minimum absolute atomic E-state index is 0.0142. The summed E-state index contributed by atoms with van der Waals surface area (Å²) in [6.45, 7) is -0.455. The molecule has 0 atom stereocenters. The van der Waals surface area contributed by atoms with E-state index in [9.17, 15) is 14.7 Å². The molecule has 0 aliphatic carbocycles. The van der Waals surface area contributed by atoms with Crippen molar-refractivity contribution in [2.75, 3.05) is 11.9 Å². The van der Waals surface area contributed by atoms with Crippen molar-refractivity contribution in [3.8, 4) is 5.75 Å². The Morgan fingerprint density at radius 1 is 1.13 bits per heavy atom. The fourth-order valence-electron chi connectivity index (χ4n) is 1.94. The van der Waals surface area contributed by atoms with Gasteiger partial charge in [-0.05, 0) is 24.3 Å². The van der Waals surface area contributed by atoms with Crippen molar-refractivity contribution >= 4 is 38.6 Å². The third-order valence-electron chi connectivity index (χ3n) is 3.00. The van der Waals surface area contributed by atoms with Crippen LogP contribution in [0.3, 0.4) is 0 Å². The van der Waals surface area contributed by atoms with Gasteiger partial charge in [0.15, 0.2) is 11.7 Å². The zero-order valence-electron chi connectivity index (χ0n) is 11.9. The maximum absolute atomic E-state index is 11.8. The summed E-state index contributed by atoms with van der Waals surface area (Å²) in [5.41, 5.74) is 0.805. The monoisotopic (exact) mass is 328 g/mol. The molecule has 2 aromatic carbocycles.